The first-order valence-electron chi connectivity index (χ1n) is 6.49. The summed E-state index contributed by atoms with van der Waals surface area (Å²) in [5.74, 6) is -0.145. The highest BCUT2D eigenvalue weighted by atomic mass is 19.1. The number of benzene rings is 1. The van der Waals surface area contributed by atoms with Crippen LogP contribution >= 0.6 is 0 Å². The molecule has 0 aromatic heterocycles. The van der Waals surface area contributed by atoms with Gasteiger partial charge in [-0.25, -0.2) is 4.39 Å². The summed E-state index contributed by atoms with van der Waals surface area (Å²) in [6, 6.07) is 7.08. The molecule has 1 unspecified atom stereocenters. The van der Waals surface area contributed by atoms with Crippen molar-refractivity contribution in [2.24, 2.45) is 0 Å². The monoisotopic (exact) mass is 253 g/mol. The van der Waals surface area contributed by atoms with Gasteiger partial charge in [-0.1, -0.05) is 25.1 Å². The quantitative estimate of drug-likeness (QED) is 0.842. The second-order valence-electron chi connectivity index (χ2n) is 4.46. The Labute approximate surface area is 107 Å². The molecular weight excluding hydrogens is 233 g/mol. The normalized spacial score (nSPS) is 18.1. The summed E-state index contributed by atoms with van der Waals surface area (Å²) in [6.07, 6.45) is 1.26. The Hall–Kier alpha value is -0.970. The Balaban J connectivity index is 1.94. The third-order valence-corrected chi connectivity index (χ3v) is 3.08. The molecule has 1 aromatic rings. The predicted octanol–water partition coefficient (Wildman–Crippen LogP) is 2.11. The molecule has 1 aromatic carbocycles. The van der Waals surface area contributed by atoms with Crippen LogP contribution in [0.3, 0.4) is 0 Å². The van der Waals surface area contributed by atoms with Gasteiger partial charge in [-0.2, -0.15) is 0 Å². The fourth-order valence-electron chi connectivity index (χ4n) is 2.23. The number of hydrogen-bond acceptors (Lipinski definition) is 3. The van der Waals surface area contributed by atoms with E-state index in [0.29, 0.717) is 19.6 Å². The Morgan fingerprint density at radius 1 is 1.33 bits per heavy atom. The summed E-state index contributed by atoms with van der Waals surface area (Å²) < 4.78 is 24.5. The van der Waals surface area contributed by atoms with Gasteiger partial charge in [0.2, 0.25) is 0 Å². The fraction of sp³-hybridized carbons (Fsp3) is 0.571. The second kappa shape index (κ2) is 6.83. The van der Waals surface area contributed by atoms with E-state index in [1.54, 1.807) is 6.07 Å². The Morgan fingerprint density at radius 2 is 2.06 bits per heavy atom. The highest BCUT2D eigenvalue weighted by Crippen LogP contribution is 2.15. The molecule has 1 N–H and O–H groups in total. The summed E-state index contributed by atoms with van der Waals surface area (Å²) in [4.78, 5) is 0. The van der Waals surface area contributed by atoms with Crippen molar-refractivity contribution >= 4 is 0 Å². The summed E-state index contributed by atoms with van der Waals surface area (Å²) in [6.45, 7) is 4.21. The van der Waals surface area contributed by atoms with Gasteiger partial charge in [0.15, 0.2) is 6.29 Å². The highest BCUT2D eigenvalue weighted by Gasteiger charge is 2.21. The molecule has 1 atom stereocenters. The molecule has 4 heteroatoms. The lowest BCUT2D eigenvalue weighted by Gasteiger charge is -2.21. The van der Waals surface area contributed by atoms with Gasteiger partial charge >= 0.3 is 0 Å². The van der Waals surface area contributed by atoms with Gasteiger partial charge in [-0.05, 0) is 24.6 Å². The molecular formula is C14H20FNO2. The first-order valence-corrected chi connectivity index (χ1v) is 6.49. The van der Waals surface area contributed by atoms with Crippen molar-refractivity contribution < 1.29 is 13.9 Å². The van der Waals surface area contributed by atoms with Crippen molar-refractivity contribution in [3.8, 4) is 0 Å². The van der Waals surface area contributed by atoms with Crippen molar-refractivity contribution in [3.63, 3.8) is 0 Å². The Bertz CT molecular complexity index is 367. The lowest BCUT2D eigenvalue weighted by Crippen LogP contribution is -2.35. The first kappa shape index (κ1) is 13.5. The molecule has 0 amide bonds. The molecule has 1 heterocycles. The summed E-state index contributed by atoms with van der Waals surface area (Å²) >= 11 is 0. The average Bonchev–Trinajstić information content (AvgIpc) is 2.85. The second-order valence-corrected chi connectivity index (χ2v) is 4.46. The first-order chi connectivity index (χ1) is 8.79. The smallest absolute Gasteiger partial charge is 0.159 e. The van der Waals surface area contributed by atoms with Crippen molar-refractivity contribution in [2.75, 3.05) is 19.8 Å². The molecule has 2 rings (SSSR count). The van der Waals surface area contributed by atoms with Gasteiger partial charge in [0.25, 0.3) is 0 Å². The number of hydrogen-bond donors (Lipinski definition) is 1. The van der Waals surface area contributed by atoms with E-state index >= 15 is 0 Å². The summed E-state index contributed by atoms with van der Waals surface area (Å²) in [5, 5.41) is 3.36. The van der Waals surface area contributed by atoms with E-state index in [9.17, 15) is 4.39 Å². The van der Waals surface area contributed by atoms with Crippen LogP contribution in [0.5, 0.6) is 0 Å². The third-order valence-electron chi connectivity index (χ3n) is 3.08. The molecule has 0 saturated carbocycles. The van der Waals surface area contributed by atoms with Gasteiger partial charge in [-0.3, -0.25) is 0 Å². The van der Waals surface area contributed by atoms with Crippen LogP contribution in [-0.2, 0) is 15.9 Å². The van der Waals surface area contributed by atoms with Gasteiger partial charge in [-0.15, -0.1) is 0 Å². The number of ether oxygens (including phenoxy) is 2. The van der Waals surface area contributed by atoms with E-state index in [0.717, 1.165) is 18.5 Å². The highest BCUT2D eigenvalue weighted by molar-refractivity contribution is 5.18. The molecule has 0 bridgehead atoms. The third kappa shape index (κ3) is 3.77. The summed E-state index contributed by atoms with van der Waals surface area (Å²) in [5.41, 5.74) is 0.737. The molecule has 1 saturated heterocycles. The predicted molar refractivity (Wildman–Crippen MR) is 67.9 cm³/mol. The number of rotatable bonds is 6. The molecule has 100 valence electrons. The minimum atomic E-state index is -0.152. The van der Waals surface area contributed by atoms with Crippen LogP contribution in [0.1, 0.15) is 18.9 Å². The summed E-state index contributed by atoms with van der Waals surface area (Å²) in [7, 11) is 0. The van der Waals surface area contributed by atoms with E-state index in [1.807, 2.05) is 19.1 Å². The van der Waals surface area contributed by atoms with Crippen LogP contribution in [0.15, 0.2) is 24.3 Å². The van der Waals surface area contributed by atoms with Gasteiger partial charge in [0.05, 0.1) is 13.2 Å². The maximum absolute atomic E-state index is 13.6. The standard InChI is InChI=1S/C14H20FNO2/c1-2-16-12(10-14-17-7-8-18-14)9-11-5-3-4-6-13(11)15/h3-6,12,14,16H,2,7-10H2,1H3. The fourth-order valence-corrected chi connectivity index (χ4v) is 2.23. The van der Waals surface area contributed by atoms with Crippen molar-refractivity contribution in [1.82, 2.24) is 5.32 Å². The molecule has 0 radical (unpaired) electrons. The largest absolute Gasteiger partial charge is 0.350 e. The van der Waals surface area contributed by atoms with Crippen molar-refractivity contribution in [3.05, 3.63) is 35.6 Å². The maximum atomic E-state index is 13.6. The molecule has 0 aliphatic carbocycles. The number of halogens is 1. The SMILES string of the molecule is CCNC(Cc1ccccc1F)CC1OCCO1. The van der Waals surface area contributed by atoms with Crippen molar-refractivity contribution in [2.45, 2.75) is 32.1 Å². The molecule has 1 aliphatic heterocycles. The van der Waals surface area contributed by atoms with Crippen LogP contribution in [0, 0.1) is 5.82 Å². The van der Waals surface area contributed by atoms with E-state index < -0.39 is 0 Å². The van der Waals surface area contributed by atoms with E-state index in [1.165, 1.54) is 6.07 Å². The zero-order chi connectivity index (χ0) is 12.8. The van der Waals surface area contributed by atoms with Crippen molar-refractivity contribution in [1.29, 1.82) is 0 Å². The van der Waals surface area contributed by atoms with Crippen LogP contribution in [0.4, 0.5) is 4.39 Å². The van der Waals surface area contributed by atoms with Gasteiger partial charge < -0.3 is 14.8 Å². The zero-order valence-corrected chi connectivity index (χ0v) is 10.7. The van der Waals surface area contributed by atoms with Crippen LogP contribution in [0.2, 0.25) is 0 Å². The molecule has 1 fully saturated rings. The van der Waals surface area contributed by atoms with Crippen LogP contribution in [-0.4, -0.2) is 32.1 Å². The van der Waals surface area contributed by atoms with E-state index in [-0.39, 0.29) is 18.1 Å². The van der Waals surface area contributed by atoms with E-state index in [4.69, 9.17) is 9.47 Å². The molecule has 1 aliphatic rings. The number of likely N-dealkylation sites (N-methyl/N-ethyl adjacent to an activating group) is 1. The topological polar surface area (TPSA) is 30.5 Å². The Morgan fingerprint density at radius 3 is 2.72 bits per heavy atom. The lowest BCUT2D eigenvalue weighted by molar-refractivity contribution is -0.0526. The molecule has 0 spiro atoms. The molecule has 3 nitrogen and oxygen atoms in total. The van der Waals surface area contributed by atoms with Crippen LogP contribution < -0.4 is 5.32 Å². The molecule has 18 heavy (non-hydrogen) atoms. The minimum Gasteiger partial charge on any atom is -0.350 e. The lowest BCUT2D eigenvalue weighted by atomic mass is 10.0. The van der Waals surface area contributed by atoms with Gasteiger partial charge in [0.1, 0.15) is 5.82 Å². The number of nitrogens with one attached hydrogen (secondary N) is 1. The van der Waals surface area contributed by atoms with Crippen LogP contribution in [0.25, 0.3) is 0 Å². The zero-order valence-electron chi connectivity index (χ0n) is 10.7. The average molecular weight is 253 g/mol. The van der Waals surface area contributed by atoms with Gasteiger partial charge in [0, 0.05) is 12.5 Å². The van der Waals surface area contributed by atoms with E-state index in [2.05, 4.69) is 5.32 Å². The minimum absolute atomic E-state index is 0.145. The maximum Gasteiger partial charge on any atom is 0.159 e. The Kier molecular flexibility index (Phi) is 5.11.